The highest BCUT2D eigenvalue weighted by Crippen LogP contribution is 2.19. The summed E-state index contributed by atoms with van der Waals surface area (Å²) in [6, 6.07) is 11.5. The van der Waals surface area contributed by atoms with Crippen LogP contribution in [-0.2, 0) is 20.7 Å². The lowest BCUT2D eigenvalue weighted by Gasteiger charge is -2.28. The molecule has 2 heterocycles. The summed E-state index contributed by atoms with van der Waals surface area (Å²) in [5.74, 6) is -0.280. The molecular weight excluding hydrogens is 356 g/mol. The molecule has 0 saturated carbocycles. The summed E-state index contributed by atoms with van der Waals surface area (Å²) in [5, 5.41) is 2.85. The number of nitrogens with zero attached hydrogens (tertiary/aromatic N) is 3. The van der Waals surface area contributed by atoms with E-state index in [0.29, 0.717) is 12.8 Å². The van der Waals surface area contributed by atoms with Crippen LogP contribution in [0.25, 0.3) is 0 Å². The van der Waals surface area contributed by atoms with Crippen molar-refractivity contribution in [3.05, 3.63) is 54.4 Å². The molecule has 1 aliphatic heterocycles. The van der Waals surface area contributed by atoms with Crippen molar-refractivity contribution >= 4 is 23.2 Å². The third kappa shape index (κ3) is 5.79. The molecule has 1 N–H and O–H groups in total. The lowest BCUT2D eigenvalue weighted by atomic mass is 10.1. The van der Waals surface area contributed by atoms with Crippen LogP contribution in [0.5, 0.6) is 0 Å². The van der Waals surface area contributed by atoms with Crippen LogP contribution in [-0.4, -0.2) is 61.6 Å². The van der Waals surface area contributed by atoms with Crippen molar-refractivity contribution < 1.29 is 14.3 Å². The highest BCUT2D eigenvalue weighted by molar-refractivity contribution is 5.94. The summed E-state index contributed by atoms with van der Waals surface area (Å²) in [7, 11) is 1.65. The molecule has 1 saturated heterocycles. The summed E-state index contributed by atoms with van der Waals surface area (Å²) in [6.45, 7) is 3.24. The van der Waals surface area contributed by atoms with Crippen molar-refractivity contribution in [2.45, 2.75) is 12.8 Å². The molecule has 1 aliphatic rings. The molecule has 7 heteroatoms. The number of rotatable bonds is 7. The van der Waals surface area contributed by atoms with E-state index >= 15 is 0 Å². The number of hydrogen-bond donors (Lipinski definition) is 1. The molecule has 1 fully saturated rings. The highest BCUT2D eigenvalue weighted by atomic mass is 16.5. The van der Waals surface area contributed by atoms with Crippen molar-refractivity contribution in [2.24, 2.45) is 0 Å². The molecule has 2 amide bonds. The number of benzene rings is 1. The molecule has 1 aromatic carbocycles. The van der Waals surface area contributed by atoms with Crippen molar-refractivity contribution in [3.63, 3.8) is 0 Å². The number of ether oxygens (including phenoxy) is 1. The van der Waals surface area contributed by atoms with Crippen LogP contribution >= 0.6 is 0 Å². The molecule has 0 atom stereocenters. The van der Waals surface area contributed by atoms with Gasteiger partial charge in [-0.1, -0.05) is 6.07 Å². The van der Waals surface area contributed by atoms with E-state index in [1.807, 2.05) is 36.4 Å². The number of aromatic nitrogens is 1. The van der Waals surface area contributed by atoms with Crippen molar-refractivity contribution in [1.82, 2.24) is 9.88 Å². The van der Waals surface area contributed by atoms with Gasteiger partial charge < -0.3 is 19.9 Å². The summed E-state index contributed by atoms with van der Waals surface area (Å²) >= 11 is 0. The summed E-state index contributed by atoms with van der Waals surface area (Å²) in [4.78, 5) is 32.2. The van der Waals surface area contributed by atoms with Crippen LogP contribution < -0.4 is 10.2 Å². The fraction of sp³-hybridized carbons (Fsp3) is 0.381. The lowest BCUT2D eigenvalue weighted by molar-refractivity contribution is -0.133. The first-order chi connectivity index (χ1) is 13.6. The van der Waals surface area contributed by atoms with Gasteiger partial charge in [-0.05, 0) is 42.3 Å². The number of morpholine rings is 1. The first-order valence-corrected chi connectivity index (χ1v) is 9.47. The minimum Gasteiger partial charge on any atom is -0.378 e. The molecule has 0 aliphatic carbocycles. The number of pyridine rings is 1. The Morgan fingerprint density at radius 2 is 1.93 bits per heavy atom. The third-order valence-electron chi connectivity index (χ3n) is 4.68. The van der Waals surface area contributed by atoms with Crippen molar-refractivity contribution in [3.8, 4) is 0 Å². The second-order valence-electron chi connectivity index (χ2n) is 6.81. The Hall–Kier alpha value is -2.93. The van der Waals surface area contributed by atoms with E-state index in [0.717, 1.165) is 43.2 Å². The number of likely N-dealkylation sites (N-methyl/N-ethyl adjacent to an activating group) is 1. The third-order valence-corrected chi connectivity index (χ3v) is 4.68. The molecule has 1 aromatic heterocycles. The quantitative estimate of drug-likeness (QED) is 0.792. The maximum absolute atomic E-state index is 12.2. The zero-order chi connectivity index (χ0) is 19.8. The Kier molecular flexibility index (Phi) is 6.97. The second-order valence-corrected chi connectivity index (χ2v) is 6.81. The molecule has 0 spiro atoms. The fourth-order valence-electron chi connectivity index (χ4n) is 3.07. The maximum Gasteiger partial charge on any atom is 0.243 e. The van der Waals surface area contributed by atoms with E-state index in [1.165, 1.54) is 4.90 Å². The Morgan fingerprint density at radius 3 is 2.61 bits per heavy atom. The van der Waals surface area contributed by atoms with Gasteiger partial charge in [-0.15, -0.1) is 0 Å². The first-order valence-electron chi connectivity index (χ1n) is 9.47. The van der Waals surface area contributed by atoms with Crippen LogP contribution in [0.15, 0.2) is 48.8 Å². The average molecular weight is 382 g/mol. The van der Waals surface area contributed by atoms with Gasteiger partial charge in [0.15, 0.2) is 0 Å². The highest BCUT2D eigenvalue weighted by Gasteiger charge is 2.14. The fourth-order valence-corrected chi connectivity index (χ4v) is 3.07. The molecule has 2 aromatic rings. The predicted octanol–water partition coefficient (Wildman–Crippen LogP) is 1.95. The lowest BCUT2D eigenvalue weighted by Crippen LogP contribution is -2.36. The molecule has 0 radical (unpaired) electrons. The van der Waals surface area contributed by atoms with Crippen molar-refractivity contribution in [1.29, 1.82) is 0 Å². The van der Waals surface area contributed by atoms with Crippen LogP contribution in [0.3, 0.4) is 0 Å². The van der Waals surface area contributed by atoms with Crippen LogP contribution in [0.4, 0.5) is 11.4 Å². The van der Waals surface area contributed by atoms with E-state index in [1.54, 1.807) is 19.4 Å². The van der Waals surface area contributed by atoms with Crippen LogP contribution in [0.2, 0.25) is 0 Å². The number of carbonyl (C=O) groups is 2. The first kappa shape index (κ1) is 19.8. The second kappa shape index (κ2) is 9.85. The smallest absolute Gasteiger partial charge is 0.243 e. The standard InChI is InChI=1S/C21H26N4O3/c1-24(21(27)9-4-17-3-2-10-22-15-17)16-20(26)23-18-5-7-19(8-6-18)25-11-13-28-14-12-25/h2-3,5-8,10,15H,4,9,11-14,16H2,1H3,(H,23,26). The Morgan fingerprint density at radius 1 is 1.18 bits per heavy atom. The van der Waals surface area contributed by atoms with Gasteiger partial charge in [-0.3, -0.25) is 14.6 Å². The van der Waals surface area contributed by atoms with E-state index < -0.39 is 0 Å². The maximum atomic E-state index is 12.2. The molecule has 28 heavy (non-hydrogen) atoms. The zero-order valence-corrected chi connectivity index (χ0v) is 16.1. The van der Waals surface area contributed by atoms with Gasteiger partial charge in [0.1, 0.15) is 0 Å². The van der Waals surface area contributed by atoms with E-state index in [4.69, 9.17) is 4.74 Å². The van der Waals surface area contributed by atoms with Crippen LogP contribution in [0, 0.1) is 0 Å². The van der Waals surface area contributed by atoms with Gasteiger partial charge >= 0.3 is 0 Å². The van der Waals surface area contributed by atoms with Crippen LogP contribution in [0.1, 0.15) is 12.0 Å². The minimum absolute atomic E-state index is 0.0249. The Bertz CT molecular complexity index is 774. The number of hydrogen-bond acceptors (Lipinski definition) is 5. The molecule has 0 bridgehead atoms. The normalized spacial score (nSPS) is 13.8. The van der Waals surface area contributed by atoms with E-state index in [-0.39, 0.29) is 18.4 Å². The number of amides is 2. The predicted molar refractivity (Wildman–Crippen MR) is 108 cm³/mol. The number of anilines is 2. The molecule has 148 valence electrons. The Labute approximate surface area is 165 Å². The Balaban J connectivity index is 1.44. The van der Waals surface area contributed by atoms with Gasteiger partial charge in [-0.2, -0.15) is 0 Å². The number of aryl methyl sites for hydroxylation is 1. The summed E-state index contributed by atoms with van der Waals surface area (Å²) in [6.07, 6.45) is 4.42. The summed E-state index contributed by atoms with van der Waals surface area (Å²) in [5.41, 5.74) is 2.84. The number of carbonyl (C=O) groups excluding carboxylic acids is 2. The largest absolute Gasteiger partial charge is 0.378 e. The molecule has 0 unspecified atom stereocenters. The molecular formula is C21H26N4O3. The SMILES string of the molecule is CN(CC(=O)Nc1ccc(N2CCOCC2)cc1)C(=O)CCc1cccnc1. The molecule has 3 rings (SSSR count). The van der Waals surface area contributed by atoms with Gasteiger partial charge in [0.05, 0.1) is 19.8 Å². The van der Waals surface area contributed by atoms with E-state index in [9.17, 15) is 9.59 Å². The number of nitrogens with one attached hydrogen (secondary N) is 1. The van der Waals surface area contributed by atoms with Crippen molar-refractivity contribution in [2.75, 3.05) is 50.1 Å². The zero-order valence-electron chi connectivity index (χ0n) is 16.1. The molecule has 7 nitrogen and oxygen atoms in total. The topological polar surface area (TPSA) is 74.8 Å². The average Bonchev–Trinajstić information content (AvgIpc) is 2.74. The van der Waals surface area contributed by atoms with Gasteiger partial charge in [0.2, 0.25) is 11.8 Å². The monoisotopic (exact) mass is 382 g/mol. The van der Waals surface area contributed by atoms with E-state index in [2.05, 4.69) is 15.2 Å². The minimum atomic E-state index is -0.212. The van der Waals surface area contributed by atoms with Gasteiger partial charge in [-0.25, -0.2) is 0 Å². The van der Waals surface area contributed by atoms with Gasteiger partial charge in [0, 0.05) is 50.3 Å². The van der Waals surface area contributed by atoms with Gasteiger partial charge in [0.25, 0.3) is 0 Å². The summed E-state index contributed by atoms with van der Waals surface area (Å²) < 4.78 is 5.36.